The average Bonchev–Trinajstić information content (AvgIpc) is 2.67. The van der Waals surface area contributed by atoms with Gasteiger partial charge in [-0.25, -0.2) is 4.98 Å². The molecule has 0 saturated carbocycles. The van der Waals surface area contributed by atoms with Gasteiger partial charge in [-0.1, -0.05) is 36.0 Å². The lowest BCUT2D eigenvalue weighted by molar-refractivity contribution is 0.102. The maximum absolute atomic E-state index is 12.9. The second-order valence-corrected chi connectivity index (χ2v) is 8.00. The number of aromatic nitrogens is 2. The number of nitrogens with zero attached hydrogens (tertiary/aromatic N) is 2. The molecule has 8 heteroatoms. The van der Waals surface area contributed by atoms with Crippen LogP contribution in [-0.2, 0) is 13.0 Å². The van der Waals surface area contributed by atoms with Gasteiger partial charge in [0.2, 0.25) is 0 Å². The standard InChI is InChI=1S/C21H20Cl2N4O2/c22-15-10-13(11-16(23)19(15)24)25-20(28)12-6-7-14-17(9-12)26-18-5-3-1-2-4-8-27(18)21(14)29/h6-7,9-11H,1-5,8,24H2,(H,25,28). The van der Waals surface area contributed by atoms with E-state index in [1.54, 1.807) is 22.8 Å². The number of rotatable bonds is 2. The smallest absolute Gasteiger partial charge is 0.261 e. The maximum Gasteiger partial charge on any atom is 0.261 e. The van der Waals surface area contributed by atoms with Gasteiger partial charge in [0.15, 0.2) is 0 Å². The Hall–Kier alpha value is -2.57. The van der Waals surface area contributed by atoms with E-state index in [0.717, 1.165) is 37.9 Å². The summed E-state index contributed by atoms with van der Waals surface area (Å²) in [5.41, 5.74) is 7.30. The molecular weight excluding hydrogens is 411 g/mol. The number of hydrogen-bond acceptors (Lipinski definition) is 4. The zero-order valence-corrected chi connectivity index (χ0v) is 17.2. The molecule has 0 aliphatic carbocycles. The first-order valence-corrected chi connectivity index (χ1v) is 10.3. The molecule has 0 spiro atoms. The third kappa shape index (κ3) is 3.95. The zero-order chi connectivity index (χ0) is 20.5. The summed E-state index contributed by atoms with van der Waals surface area (Å²) in [4.78, 5) is 30.3. The Bertz CT molecular complexity index is 1150. The number of anilines is 2. The van der Waals surface area contributed by atoms with E-state index in [1.807, 2.05) is 0 Å². The number of benzene rings is 2. The Morgan fingerprint density at radius 1 is 1.07 bits per heavy atom. The molecule has 3 aromatic rings. The van der Waals surface area contributed by atoms with Crippen molar-refractivity contribution in [3.63, 3.8) is 0 Å². The molecule has 4 rings (SSSR count). The second-order valence-electron chi connectivity index (χ2n) is 7.19. The van der Waals surface area contributed by atoms with Crippen molar-refractivity contribution in [2.75, 3.05) is 11.1 Å². The molecule has 0 unspecified atom stereocenters. The van der Waals surface area contributed by atoms with Crippen LogP contribution in [0.25, 0.3) is 10.9 Å². The zero-order valence-electron chi connectivity index (χ0n) is 15.7. The Morgan fingerprint density at radius 3 is 2.55 bits per heavy atom. The van der Waals surface area contributed by atoms with Gasteiger partial charge in [-0.2, -0.15) is 0 Å². The lowest BCUT2D eigenvalue weighted by atomic mass is 10.1. The first-order valence-electron chi connectivity index (χ1n) is 9.53. The van der Waals surface area contributed by atoms with Gasteiger partial charge in [0, 0.05) is 24.2 Å². The molecule has 1 aromatic heterocycles. The first-order chi connectivity index (χ1) is 13.9. The molecular formula is C21H20Cl2N4O2. The largest absolute Gasteiger partial charge is 0.396 e. The highest BCUT2D eigenvalue weighted by Gasteiger charge is 2.15. The van der Waals surface area contributed by atoms with Crippen LogP contribution in [0.3, 0.4) is 0 Å². The highest BCUT2D eigenvalue weighted by molar-refractivity contribution is 6.39. The number of nitrogen functional groups attached to an aromatic ring is 1. The van der Waals surface area contributed by atoms with Crippen LogP contribution in [0.2, 0.25) is 10.0 Å². The van der Waals surface area contributed by atoms with Crippen LogP contribution in [0.15, 0.2) is 35.1 Å². The van der Waals surface area contributed by atoms with Gasteiger partial charge < -0.3 is 11.1 Å². The topological polar surface area (TPSA) is 90.0 Å². The van der Waals surface area contributed by atoms with Crippen LogP contribution >= 0.6 is 23.2 Å². The van der Waals surface area contributed by atoms with Crippen molar-refractivity contribution >= 4 is 51.4 Å². The molecule has 3 N–H and O–H groups in total. The minimum absolute atomic E-state index is 0.0454. The quantitative estimate of drug-likeness (QED) is 0.578. The molecule has 1 amide bonds. The molecule has 0 radical (unpaired) electrons. The number of nitrogens with one attached hydrogen (secondary N) is 1. The predicted octanol–water partition coefficient (Wildman–Crippen LogP) is 4.65. The number of halogens is 2. The lowest BCUT2D eigenvalue weighted by Crippen LogP contribution is -2.26. The van der Waals surface area contributed by atoms with E-state index < -0.39 is 0 Å². The van der Waals surface area contributed by atoms with E-state index in [9.17, 15) is 9.59 Å². The third-order valence-electron chi connectivity index (χ3n) is 5.17. The van der Waals surface area contributed by atoms with E-state index >= 15 is 0 Å². The van der Waals surface area contributed by atoms with E-state index in [1.165, 1.54) is 12.1 Å². The van der Waals surface area contributed by atoms with Crippen molar-refractivity contribution in [1.29, 1.82) is 0 Å². The van der Waals surface area contributed by atoms with Crippen LogP contribution in [0.4, 0.5) is 11.4 Å². The van der Waals surface area contributed by atoms with Gasteiger partial charge in [-0.15, -0.1) is 0 Å². The SMILES string of the molecule is Nc1c(Cl)cc(NC(=O)c2ccc3c(=O)n4c(nc3c2)CCCCCC4)cc1Cl. The maximum atomic E-state index is 12.9. The summed E-state index contributed by atoms with van der Waals surface area (Å²) < 4.78 is 1.78. The molecule has 150 valence electrons. The normalized spacial score (nSPS) is 14.1. The molecule has 0 fully saturated rings. The van der Waals surface area contributed by atoms with E-state index in [4.69, 9.17) is 33.9 Å². The second kappa shape index (κ2) is 8.05. The van der Waals surface area contributed by atoms with Crippen molar-refractivity contribution in [3.8, 4) is 0 Å². The van der Waals surface area contributed by atoms with Crippen molar-refractivity contribution in [2.24, 2.45) is 0 Å². The van der Waals surface area contributed by atoms with Crippen molar-refractivity contribution in [3.05, 3.63) is 62.1 Å². The van der Waals surface area contributed by atoms with Crippen LogP contribution in [-0.4, -0.2) is 15.5 Å². The minimum Gasteiger partial charge on any atom is -0.396 e. The van der Waals surface area contributed by atoms with Crippen molar-refractivity contribution in [2.45, 2.75) is 38.6 Å². The van der Waals surface area contributed by atoms with Crippen LogP contribution in [0.1, 0.15) is 41.9 Å². The molecule has 29 heavy (non-hydrogen) atoms. The highest BCUT2D eigenvalue weighted by Crippen LogP contribution is 2.31. The summed E-state index contributed by atoms with van der Waals surface area (Å²) >= 11 is 12.1. The van der Waals surface area contributed by atoms with E-state index in [2.05, 4.69) is 5.32 Å². The monoisotopic (exact) mass is 430 g/mol. The molecule has 1 aliphatic rings. The summed E-state index contributed by atoms with van der Waals surface area (Å²) in [6, 6.07) is 8.00. The minimum atomic E-state index is -0.350. The van der Waals surface area contributed by atoms with Crippen LogP contribution < -0.4 is 16.6 Å². The van der Waals surface area contributed by atoms with Gasteiger partial charge in [-0.3, -0.25) is 14.2 Å². The van der Waals surface area contributed by atoms with Crippen molar-refractivity contribution < 1.29 is 4.79 Å². The highest BCUT2D eigenvalue weighted by atomic mass is 35.5. The fourth-order valence-corrected chi connectivity index (χ4v) is 4.08. The molecule has 6 nitrogen and oxygen atoms in total. The number of fused-ring (bicyclic) bond motifs is 2. The van der Waals surface area contributed by atoms with Gasteiger partial charge in [-0.05, 0) is 43.2 Å². The Balaban J connectivity index is 1.69. The van der Waals surface area contributed by atoms with Gasteiger partial charge >= 0.3 is 0 Å². The number of nitrogens with two attached hydrogens (primary N) is 1. The van der Waals surface area contributed by atoms with Crippen LogP contribution in [0, 0.1) is 0 Å². The first kappa shape index (κ1) is 19.7. The van der Waals surface area contributed by atoms with Gasteiger partial charge in [0.1, 0.15) is 5.82 Å². The molecule has 0 bridgehead atoms. The summed E-state index contributed by atoms with van der Waals surface area (Å²) in [7, 11) is 0. The third-order valence-corrected chi connectivity index (χ3v) is 5.79. The number of carbonyl (C=O) groups excluding carboxylic acids is 1. The predicted molar refractivity (Wildman–Crippen MR) is 117 cm³/mol. The molecule has 0 saturated heterocycles. The Labute approximate surface area is 177 Å². The molecule has 2 aromatic carbocycles. The Morgan fingerprint density at radius 2 is 1.79 bits per heavy atom. The molecule has 2 heterocycles. The average molecular weight is 431 g/mol. The number of aryl methyl sites for hydroxylation is 1. The summed E-state index contributed by atoms with van der Waals surface area (Å²) in [5, 5.41) is 3.80. The fraction of sp³-hybridized carbons (Fsp3) is 0.286. The number of amides is 1. The van der Waals surface area contributed by atoms with E-state index in [-0.39, 0.29) is 27.2 Å². The summed E-state index contributed by atoms with van der Waals surface area (Å²) in [5.74, 6) is 0.439. The Kier molecular flexibility index (Phi) is 5.48. The summed E-state index contributed by atoms with van der Waals surface area (Å²) in [6.45, 7) is 0.692. The van der Waals surface area contributed by atoms with Gasteiger partial charge in [0.05, 0.1) is 26.6 Å². The molecule has 1 aliphatic heterocycles. The number of carbonyl (C=O) groups is 1. The fourth-order valence-electron chi connectivity index (χ4n) is 3.60. The van der Waals surface area contributed by atoms with E-state index in [0.29, 0.717) is 28.7 Å². The lowest BCUT2D eigenvalue weighted by Gasteiger charge is -2.16. The molecule has 0 atom stereocenters. The summed E-state index contributed by atoms with van der Waals surface area (Å²) in [6.07, 6.45) is 5.03. The number of hydrogen-bond donors (Lipinski definition) is 2. The van der Waals surface area contributed by atoms with Crippen molar-refractivity contribution in [1.82, 2.24) is 9.55 Å². The van der Waals surface area contributed by atoms with Crippen LogP contribution in [0.5, 0.6) is 0 Å². The van der Waals surface area contributed by atoms with Gasteiger partial charge in [0.25, 0.3) is 11.5 Å².